The van der Waals surface area contributed by atoms with Gasteiger partial charge < -0.3 is 10.6 Å². The van der Waals surface area contributed by atoms with Crippen molar-refractivity contribution in [3.8, 4) is 5.69 Å². The zero-order valence-electron chi connectivity index (χ0n) is 21.2. The molecule has 0 unspecified atom stereocenters. The smallest absolute Gasteiger partial charge is 0.230 e. The largest absolute Gasteiger partial charge is 0.368 e. The molecule has 1 aromatic carbocycles. The number of nitrogens with zero attached hydrogens (tertiary/aromatic N) is 8. The number of para-hydroxylation sites is 1. The summed E-state index contributed by atoms with van der Waals surface area (Å²) in [5, 5.41) is 8.86. The van der Waals surface area contributed by atoms with Crippen LogP contribution >= 0.6 is 0 Å². The predicted molar refractivity (Wildman–Crippen MR) is 141 cm³/mol. The molecule has 0 aliphatic carbocycles. The molecule has 9 nitrogen and oxygen atoms in total. The quantitative estimate of drug-likeness (QED) is 0.458. The molecule has 2 aliphatic rings. The van der Waals surface area contributed by atoms with Crippen LogP contribution in [0.25, 0.3) is 11.3 Å². The second-order valence-electron chi connectivity index (χ2n) is 10.8. The standard InChI is InChI=1S/C27H35N9/c1-20(2)22-17-30-36-24(22)31-26(32-25(36)28)34-13-5-9-27(19-34)10-15-33(16-11-27)18-21-7-3-4-8-23(21)35-14-6-12-29-35/h3-4,6-8,12,14,17,20H,5,9-11,13,15-16,18-19H2,1-2H3,(H2,28,31,32). The Balaban J connectivity index is 1.16. The number of piperidine rings is 2. The number of nitrogen functional groups attached to an aromatic ring is 1. The maximum Gasteiger partial charge on any atom is 0.230 e. The molecular weight excluding hydrogens is 450 g/mol. The van der Waals surface area contributed by atoms with Gasteiger partial charge in [-0.2, -0.15) is 24.7 Å². The van der Waals surface area contributed by atoms with Crippen molar-refractivity contribution in [2.45, 2.75) is 52.0 Å². The van der Waals surface area contributed by atoms with Crippen LogP contribution in [0.15, 0.2) is 48.9 Å². The number of anilines is 2. The number of fused-ring (bicyclic) bond motifs is 1. The van der Waals surface area contributed by atoms with E-state index in [0.717, 1.165) is 62.0 Å². The maximum atomic E-state index is 6.30. The molecule has 1 spiro atoms. The zero-order valence-corrected chi connectivity index (χ0v) is 21.2. The summed E-state index contributed by atoms with van der Waals surface area (Å²) in [6.45, 7) is 9.44. The Morgan fingerprint density at radius 2 is 1.83 bits per heavy atom. The summed E-state index contributed by atoms with van der Waals surface area (Å²) < 4.78 is 3.63. The van der Waals surface area contributed by atoms with Gasteiger partial charge in [0.1, 0.15) is 0 Å². The molecule has 6 rings (SSSR count). The van der Waals surface area contributed by atoms with Crippen molar-refractivity contribution in [1.29, 1.82) is 0 Å². The van der Waals surface area contributed by atoms with Gasteiger partial charge in [0, 0.05) is 37.6 Å². The van der Waals surface area contributed by atoms with E-state index < -0.39 is 0 Å². The lowest BCUT2D eigenvalue weighted by Gasteiger charge is -2.47. The van der Waals surface area contributed by atoms with Gasteiger partial charge in [0.2, 0.25) is 11.9 Å². The lowest BCUT2D eigenvalue weighted by molar-refractivity contribution is 0.0833. The summed E-state index contributed by atoms with van der Waals surface area (Å²) in [5.41, 5.74) is 11.0. The van der Waals surface area contributed by atoms with E-state index in [2.05, 4.69) is 63.1 Å². The van der Waals surface area contributed by atoms with Gasteiger partial charge in [0.05, 0.1) is 11.9 Å². The fourth-order valence-electron chi connectivity index (χ4n) is 5.94. The first-order valence-electron chi connectivity index (χ1n) is 13.1. The average Bonchev–Trinajstić information content (AvgIpc) is 3.57. The Hall–Kier alpha value is -3.46. The maximum absolute atomic E-state index is 6.30. The average molecular weight is 486 g/mol. The van der Waals surface area contributed by atoms with Gasteiger partial charge in [-0.1, -0.05) is 32.0 Å². The molecule has 0 saturated carbocycles. The predicted octanol–water partition coefficient (Wildman–Crippen LogP) is 3.90. The van der Waals surface area contributed by atoms with E-state index in [4.69, 9.17) is 10.7 Å². The first kappa shape index (κ1) is 23.0. The number of hydrogen-bond donors (Lipinski definition) is 1. The normalized spacial score (nSPS) is 18.5. The third-order valence-corrected chi connectivity index (χ3v) is 8.03. The molecule has 0 atom stereocenters. The lowest BCUT2D eigenvalue weighted by Crippen LogP contribution is -2.50. The van der Waals surface area contributed by atoms with Crippen molar-refractivity contribution in [3.63, 3.8) is 0 Å². The molecule has 4 aromatic rings. The van der Waals surface area contributed by atoms with Gasteiger partial charge >= 0.3 is 0 Å². The summed E-state index contributed by atoms with van der Waals surface area (Å²) in [4.78, 5) is 14.5. The Kier molecular flexibility index (Phi) is 5.87. The minimum atomic E-state index is 0.307. The van der Waals surface area contributed by atoms with Crippen LogP contribution in [-0.2, 0) is 6.54 Å². The fourth-order valence-corrected chi connectivity index (χ4v) is 5.94. The minimum absolute atomic E-state index is 0.307. The van der Waals surface area contributed by atoms with Gasteiger partial charge in [-0.3, -0.25) is 4.90 Å². The Morgan fingerprint density at radius 1 is 1.00 bits per heavy atom. The van der Waals surface area contributed by atoms with Gasteiger partial charge in [0.15, 0.2) is 5.65 Å². The molecule has 36 heavy (non-hydrogen) atoms. The van der Waals surface area contributed by atoms with Crippen LogP contribution in [0.5, 0.6) is 0 Å². The summed E-state index contributed by atoms with van der Waals surface area (Å²) in [5.74, 6) is 1.49. The number of hydrogen-bond acceptors (Lipinski definition) is 7. The van der Waals surface area contributed by atoms with E-state index in [0.29, 0.717) is 17.3 Å². The van der Waals surface area contributed by atoms with Crippen LogP contribution < -0.4 is 10.6 Å². The number of rotatable bonds is 5. The Labute approximate surface area is 211 Å². The third-order valence-electron chi connectivity index (χ3n) is 8.03. The molecule has 2 fully saturated rings. The molecule has 2 aliphatic heterocycles. The molecular formula is C27H35N9. The zero-order chi connectivity index (χ0) is 24.7. The third kappa shape index (κ3) is 4.21. The molecule has 2 saturated heterocycles. The van der Waals surface area contributed by atoms with Gasteiger partial charge in [-0.15, -0.1) is 0 Å². The van der Waals surface area contributed by atoms with E-state index in [1.165, 1.54) is 24.8 Å². The number of likely N-dealkylation sites (tertiary alicyclic amines) is 1. The number of aromatic nitrogens is 6. The highest BCUT2D eigenvalue weighted by molar-refractivity contribution is 5.55. The molecule has 0 amide bonds. The SMILES string of the molecule is CC(C)c1cnn2c(N)nc(N3CCCC4(CCN(Cc5ccccc5-n5cccn5)CC4)C3)nc12. The van der Waals surface area contributed by atoms with Crippen LogP contribution in [0.1, 0.15) is 56.6 Å². The van der Waals surface area contributed by atoms with Crippen LogP contribution in [-0.4, -0.2) is 60.4 Å². The molecule has 188 valence electrons. The summed E-state index contributed by atoms with van der Waals surface area (Å²) in [6.07, 6.45) is 10.5. The first-order chi connectivity index (χ1) is 17.5. The highest BCUT2D eigenvalue weighted by Gasteiger charge is 2.39. The second kappa shape index (κ2) is 9.20. The summed E-state index contributed by atoms with van der Waals surface area (Å²) >= 11 is 0. The fraction of sp³-hybridized carbons (Fsp3) is 0.481. The van der Waals surface area contributed by atoms with E-state index >= 15 is 0 Å². The van der Waals surface area contributed by atoms with Crippen molar-refractivity contribution < 1.29 is 0 Å². The van der Waals surface area contributed by atoms with E-state index in [1.54, 1.807) is 4.52 Å². The van der Waals surface area contributed by atoms with Crippen molar-refractivity contribution in [1.82, 2.24) is 34.3 Å². The number of nitrogens with two attached hydrogens (primary N) is 1. The Morgan fingerprint density at radius 3 is 2.61 bits per heavy atom. The minimum Gasteiger partial charge on any atom is -0.368 e. The summed E-state index contributed by atoms with van der Waals surface area (Å²) in [7, 11) is 0. The summed E-state index contributed by atoms with van der Waals surface area (Å²) in [6, 6.07) is 10.6. The van der Waals surface area contributed by atoms with E-state index in [1.807, 2.05) is 29.3 Å². The molecule has 9 heteroatoms. The molecule has 3 aromatic heterocycles. The van der Waals surface area contributed by atoms with E-state index in [9.17, 15) is 0 Å². The Bertz CT molecular complexity index is 1330. The van der Waals surface area contributed by atoms with Crippen molar-refractivity contribution >= 4 is 17.5 Å². The van der Waals surface area contributed by atoms with Gasteiger partial charge in [0.25, 0.3) is 0 Å². The molecule has 2 N–H and O–H groups in total. The van der Waals surface area contributed by atoms with Crippen LogP contribution in [0.3, 0.4) is 0 Å². The highest BCUT2D eigenvalue weighted by atomic mass is 15.4. The number of benzene rings is 1. The van der Waals surface area contributed by atoms with Crippen LogP contribution in [0, 0.1) is 5.41 Å². The molecule has 0 radical (unpaired) electrons. The molecule has 0 bridgehead atoms. The van der Waals surface area contributed by atoms with Gasteiger partial charge in [-0.25, -0.2) is 4.68 Å². The van der Waals surface area contributed by atoms with Crippen molar-refractivity contribution in [3.05, 3.63) is 60.0 Å². The first-order valence-corrected chi connectivity index (χ1v) is 13.1. The molecule has 5 heterocycles. The van der Waals surface area contributed by atoms with E-state index in [-0.39, 0.29) is 0 Å². The van der Waals surface area contributed by atoms with Crippen molar-refractivity contribution in [2.24, 2.45) is 5.41 Å². The van der Waals surface area contributed by atoms with Gasteiger partial charge in [-0.05, 0) is 67.8 Å². The lowest BCUT2D eigenvalue weighted by atomic mass is 9.72. The van der Waals surface area contributed by atoms with Crippen LogP contribution in [0.4, 0.5) is 11.9 Å². The van der Waals surface area contributed by atoms with Crippen LogP contribution in [0.2, 0.25) is 0 Å². The second-order valence-corrected chi connectivity index (χ2v) is 10.8. The van der Waals surface area contributed by atoms with Crippen molar-refractivity contribution in [2.75, 3.05) is 36.8 Å². The highest BCUT2D eigenvalue weighted by Crippen LogP contribution is 2.41. The topological polar surface area (TPSA) is 93.4 Å². The monoisotopic (exact) mass is 485 g/mol.